The van der Waals surface area contributed by atoms with Gasteiger partial charge in [-0.25, -0.2) is 4.98 Å². The first-order chi connectivity index (χ1) is 9.58. The molecular weight excluding hydrogens is 363 g/mol. The van der Waals surface area contributed by atoms with Crippen molar-refractivity contribution in [2.24, 2.45) is 0 Å². The first-order valence-corrected chi connectivity index (χ1v) is 6.11. The second-order valence-corrected chi connectivity index (χ2v) is 5.18. The first-order valence-electron chi connectivity index (χ1n) is 4.70. The number of hydrogen-bond acceptors (Lipinski definition) is 4. The van der Waals surface area contributed by atoms with E-state index >= 15 is 0 Å². The van der Waals surface area contributed by atoms with Crippen LogP contribution in [0.15, 0.2) is 18.7 Å². The predicted octanol–water partition coefficient (Wildman–Crippen LogP) is 2.07. The van der Waals surface area contributed by atoms with Crippen LogP contribution in [0.4, 0.5) is 39.5 Å². The van der Waals surface area contributed by atoms with E-state index in [9.17, 15) is 47.9 Å². The number of alkyl halides is 9. The van der Waals surface area contributed by atoms with Gasteiger partial charge in [-0.15, -0.1) is 0 Å². The lowest BCUT2D eigenvalue weighted by Crippen LogP contribution is -2.64. The van der Waals surface area contributed by atoms with Gasteiger partial charge in [0.25, 0.3) is 0 Å². The van der Waals surface area contributed by atoms with Gasteiger partial charge in [-0.2, -0.15) is 52.7 Å². The molecule has 0 bridgehead atoms. The normalized spacial score (nSPS) is 15.0. The Kier molecular flexibility index (Phi) is 4.11. The Morgan fingerprint density at radius 1 is 0.909 bits per heavy atom. The number of nitrogens with zero attached hydrogens (tertiary/aromatic N) is 2. The van der Waals surface area contributed by atoms with Crippen molar-refractivity contribution in [2.75, 3.05) is 0 Å². The van der Waals surface area contributed by atoms with E-state index in [1.807, 2.05) is 0 Å². The number of hydrogen-bond donors (Lipinski definition) is 0. The summed E-state index contributed by atoms with van der Waals surface area (Å²) in [6.07, 6.45) is -5.60. The fourth-order valence-electron chi connectivity index (χ4n) is 0.969. The van der Waals surface area contributed by atoms with Gasteiger partial charge in [-0.05, 0) is 0 Å². The van der Waals surface area contributed by atoms with Crippen molar-refractivity contribution in [3.63, 3.8) is 0 Å². The third kappa shape index (κ3) is 2.56. The molecule has 0 fully saturated rings. The Morgan fingerprint density at radius 2 is 1.41 bits per heavy atom. The molecule has 22 heavy (non-hydrogen) atoms. The highest BCUT2D eigenvalue weighted by Gasteiger charge is 2.86. The monoisotopic (exact) mass is 366 g/mol. The molecule has 0 aromatic carbocycles. The molecule has 0 aliphatic rings. The van der Waals surface area contributed by atoms with Crippen LogP contribution in [0, 0.1) is 0 Å². The van der Waals surface area contributed by atoms with Crippen molar-refractivity contribution < 1.29 is 52.2 Å². The molecular formula is C7H3F9N2O3S. The molecule has 0 aliphatic heterocycles. The lowest BCUT2D eigenvalue weighted by Gasteiger charge is -2.32. The van der Waals surface area contributed by atoms with E-state index in [0.29, 0.717) is 12.5 Å². The Bertz CT molecular complexity index is 622. The van der Waals surface area contributed by atoms with Gasteiger partial charge in [0, 0.05) is 6.20 Å². The van der Waals surface area contributed by atoms with Gasteiger partial charge >= 0.3 is 33.4 Å². The fraction of sp³-hybridized carbons (Fsp3) is 0.571. The van der Waals surface area contributed by atoms with E-state index < -0.39 is 33.4 Å². The molecule has 0 aliphatic carbocycles. The molecule has 1 rings (SSSR count). The molecule has 15 heteroatoms. The van der Waals surface area contributed by atoms with E-state index in [1.54, 1.807) is 0 Å². The Labute approximate surface area is 115 Å². The smallest absolute Gasteiger partial charge is 0.282 e. The van der Waals surface area contributed by atoms with Crippen LogP contribution < -0.4 is 4.28 Å². The standard InChI is InChI=1S/C7H3F9N2O3S/c8-4(9,6(12,13)14)5(10,11)7(15,16)22(19,20)21-18-2-1-17-3-18/h1-3H. The molecule has 0 unspecified atom stereocenters. The number of halogens is 9. The van der Waals surface area contributed by atoms with Crippen LogP contribution in [0.2, 0.25) is 0 Å². The van der Waals surface area contributed by atoms with E-state index in [2.05, 4.69) is 9.27 Å². The summed E-state index contributed by atoms with van der Waals surface area (Å²) in [5, 5.41) is -6.90. The lowest BCUT2D eigenvalue weighted by atomic mass is 10.1. The highest BCUT2D eigenvalue weighted by molar-refractivity contribution is 7.88. The molecule has 5 nitrogen and oxygen atoms in total. The molecule has 0 saturated heterocycles. The predicted molar refractivity (Wildman–Crippen MR) is 48.6 cm³/mol. The van der Waals surface area contributed by atoms with Crippen LogP contribution in [-0.4, -0.2) is 41.4 Å². The summed E-state index contributed by atoms with van der Waals surface area (Å²) in [6, 6.07) is 0. The summed E-state index contributed by atoms with van der Waals surface area (Å²) in [4.78, 5) is 3.05. The number of rotatable bonds is 5. The molecule has 0 radical (unpaired) electrons. The van der Waals surface area contributed by atoms with Gasteiger partial charge < -0.3 is 0 Å². The van der Waals surface area contributed by atoms with Crippen molar-refractivity contribution in [3.8, 4) is 0 Å². The van der Waals surface area contributed by atoms with Crippen LogP contribution in [0.25, 0.3) is 0 Å². The maximum atomic E-state index is 13.1. The van der Waals surface area contributed by atoms with Gasteiger partial charge in [-0.3, -0.25) is 4.28 Å². The zero-order valence-corrected chi connectivity index (χ0v) is 10.5. The highest BCUT2D eigenvalue weighted by atomic mass is 32.2. The Morgan fingerprint density at radius 3 is 1.77 bits per heavy atom. The minimum Gasteiger partial charge on any atom is -0.282 e. The summed E-state index contributed by atoms with van der Waals surface area (Å²) in [5.41, 5.74) is 0. The molecule has 1 aromatic heterocycles. The van der Waals surface area contributed by atoms with Crippen molar-refractivity contribution in [1.29, 1.82) is 0 Å². The molecule has 0 atom stereocenters. The average molecular weight is 366 g/mol. The van der Waals surface area contributed by atoms with Crippen LogP contribution in [-0.2, 0) is 10.1 Å². The highest BCUT2D eigenvalue weighted by Crippen LogP contribution is 2.54. The van der Waals surface area contributed by atoms with Gasteiger partial charge in [0.05, 0.1) is 6.20 Å². The van der Waals surface area contributed by atoms with Gasteiger partial charge in [0.2, 0.25) is 0 Å². The topological polar surface area (TPSA) is 61.2 Å². The molecule has 0 spiro atoms. The zero-order chi connectivity index (χ0) is 17.6. The first kappa shape index (κ1) is 18.4. The van der Waals surface area contributed by atoms with Crippen molar-refractivity contribution >= 4 is 10.1 Å². The van der Waals surface area contributed by atoms with Gasteiger partial charge in [0.15, 0.2) is 0 Å². The molecule has 128 valence electrons. The summed E-state index contributed by atoms with van der Waals surface area (Å²) < 4.78 is 137. The van der Waals surface area contributed by atoms with Crippen LogP contribution in [0.1, 0.15) is 0 Å². The molecule has 0 amide bonds. The average Bonchev–Trinajstić information content (AvgIpc) is 2.78. The largest absolute Gasteiger partial charge is 0.460 e. The maximum Gasteiger partial charge on any atom is 0.460 e. The molecule has 0 N–H and O–H groups in total. The van der Waals surface area contributed by atoms with E-state index in [-0.39, 0.29) is 4.73 Å². The van der Waals surface area contributed by atoms with Crippen molar-refractivity contribution in [1.82, 2.24) is 9.71 Å². The van der Waals surface area contributed by atoms with Crippen LogP contribution >= 0.6 is 0 Å². The minimum atomic E-state index is -7.34. The summed E-state index contributed by atoms with van der Waals surface area (Å²) in [5.74, 6) is -14.7. The van der Waals surface area contributed by atoms with Crippen molar-refractivity contribution in [2.45, 2.75) is 23.3 Å². The van der Waals surface area contributed by atoms with E-state index in [0.717, 1.165) is 6.20 Å². The van der Waals surface area contributed by atoms with Gasteiger partial charge in [-0.1, -0.05) is 0 Å². The summed E-state index contributed by atoms with van der Waals surface area (Å²) in [6.45, 7) is 0. The SMILES string of the molecule is O=S(=O)(On1ccnc1)C(F)(F)C(F)(F)C(F)(F)C(F)(F)F. The van der Waals surface area contributed by atoms with Crippen molar-refractivity contribution in [3.05, 3.63) is 18.7 Å². The maximum absolute atomic E-state index is 13.1. The second-order valence-electron chi connectivity index (χ2n) is 3.61. The number of imidazole rings is 1. The minimum absolute atomic E-state index is 0.217. The summed E-state index contributed by atoms with van der Waals surface area (Å²) in [7, 11) is -6.92. The third-order valence-electron chi connectivity index (χ3n) is 2.09. The van der Waals surface area contributed by atoms with Crippen LogP contribution in [0.3, 0.4) is 0 Å². The number of aromatic nitrogens is 2. The van der Waals surface area contributed by atoms with E-state index in [1.165, 1.54) is 0 Å². The summed E-state index contributed by atoms with van der Waals surface area (Å²) >= 11 is 0. The Balaban J connectivity index is 3.32. The second kappa shape index (κ2) is 4.92. The zero-order valence-electron chi connectivity index (χ0n) is 9.66. The van der Waals surface area contributed by atoms with Crippen LogP contribution in [0.5, 0.6) is 0 Å². The fourth-order valence-corrected chi connectivity index (χ4v) is 1.82. The van der Waals surface area contributed by atoms with E-state index in [4.69, 9.17) is 0 Å². The molecule has 0 saturated carbocycles. The third-order valence-corrected chi connectivity index (χ3v) is 3.35. The van der Waals surface area contributed by atoms with Gasteiger partial charge in [0.1, 0.15) is 6.33 Å². The molecule has 1 heterocycles. The lowest BCUT2D eigenvalue weighted by molar-refractivity contribution is -0.382. The molecule has 1 aromatic rings. The Hall–Kier alpha value is -1.67. The quantitative estimate of drug-likeness (QED) is 0.749.